The van der Waals surface area contributed by atoms with Gasteiger partial charge < -0.3 is 0 Å². The molecule has 11 rings (SSSR count). The predicted molar refractivity (Wildman–Crippen MR) is 251 cm³/mol. The topological polar surface area (TPSA) is 0 Å². The van der Waals surface area contributed by atoms with Gasteiger partial charge in [-0.1, -0.05) is 166 Å². The molecule has 2 atom stereocenters. The Hall–Kier alpha value is -4.44. The molecule has 2 heterocycles. The molecular formula is C55H51BS2. The van der Waals surface area contributed by atoms with Gasteiger partial charge in [0.15, 0.2) is 0 Å². The zero-order chi connectivity index (χ0) is 39.8. The van der Waals surface area contributed by atoms with E-state index < -0.39 is 0 Å². The van der Waals surface area contributed by atoms with Gasteiger partial charge in [0.1, 0.15) is 0 Å². The summed E-state index contributed by atoms with van der Waals surface area (Å²) in [5, 5.41) is 2.66. The Balaban J connectivity index is 1.13. The van der Waals surface area contributed by atoms with Crippen LogP contribution in [0.3, 0.4) is 0 Å². The van der Waals surface area contributed by atoms with Gasteiger partial charge in [0.25, 0.3) is 0 Å². The van der Waals surface area contributed by atoms with E-state index in [0.29, 0.717) is 5.92 Å². The van der Waals surface area contributed by atoms with E-state index in [0.717, 1.165) is 6.42 Å². The quantitative estimate of drug-likeness (QED) is 0.164. The normalized spacial score (nSPS) is 18.3. The van der Waals surface area contributed by atoms with E-state index in [1.54, 1.807) is 16.7 Å². The second-order valence-corrected chi connectivity index (χ2v) is 21.4. The number of hydrogen-bond acceptors (Lipinski definition) is 2. The summed E-state index contributed by atoms with van der Waals surface area (Å²) in [5.41, 5.74) is 22.4. The molecule has 0 spiro atoms. The van der Waals surface area contributed by atoms with E-state index in [1.807, 2.05) is 23.5 Å². The Morgan fingerprint density at radius 1 is 0.603 bits per heavy atom. The van der Waals surface area contributed by atoms with E-state index >= 15 is 0 Å². The monoisotopic (exact) mass is 786 g/mol. The molecule has 7 aromatic carbocycles. The minimum atomic E-state index is 0.157. The second-order valence-electron chi connectivity index (χ2n) is 19.2. The number of aryl methyl sites for hydroxylation is 2. The Bertz CT molecular complexity index is 2890. The molecule has 0 radical (unpaired) electrons. The Labute approximate surface area is 354 Å². The first-order valence-electron chi connectivity index (χ1n) is 21.4. The summed E-state index contributed by atoms with van der Waals surface area (Å²) >= 11 is 3.90. The van der Waals surface area contributed by atoms with Gasteiger partial charge in [-0.2, -0.15) is 0 Å². The van der Waals surface area contributed by atoms with Crippen LogP contribution in [0.25, 0.3) is 33.0 Å². The first-order chi connectivity index (χ1) is 27.9. The highest BCUT2D eigenvalue weighted by Gasteiger charge is 2.41. The highest BCUT2D eigenvalue weighted by Crippen LogP contribution is 2.53. The standard InChI is InChI=1S/C55H51BS2/c1-31-22-43(53-44(23-31)42-27-36-25-34-14-9-10-15-35(34)26-40(36)37-16-13-17-47(52(37)42)56(53)8)41-30-51-50(57-48-18-11-12-19-49(48)58-51)29-39(41)33(3)38-28-46-45(24-32(38)2)54(4,5)20-21-55(46,6)7/h9-19,22-26,28-30,33,42H,20-21,27H2,1-8H3. The van der Waals surface area contributed by atoms with Crippen molar-refractivity contribution in [1.29, 1.82) is 0 Å². The lowest BCUT2D eigenvalue weighted by atomic mass is 9.35. The molecule has 0 saturated carbocycles. The maximum absolute atomic E-state index is 2.63. The van der Waals surface area contributed by atoms with Crippen LogP contribution < -0.4 is 10.9 Å². The maximum atomic E-state index is 2.63. The van der Waals surface area contributed by atoms with Gasteiger partial charge >= 0.3 is 0 Å². The highest BCUT2D eigenvalue weighted by molar-refractivity contribution is 8.05. The fourth-order valence-electron chi connectivity index (χ4n) is 11.4. The van der Waals surface area contributed by atoms with Gasteiger partial charge in [-0.15, -0.1) is 0 Å². The molecular weight excluding hydrogens is 736 g/mol. The molecule has 2 unspecified atom stereocenters. The molecule has 0 saturated heterocycles. The van der Waals surface area contributed by atoms with Crippen molar-refractivity contribution in [3.8, 4) is 22.3 Å². The number of rotatable bonds is 3. The summed E-state index contributed by atoms with van der Waals surface area (Å²) in [6.45, 7) is 19.8. The largest absolute Gasteiger partial charge is 0.207 e. The van der Waals surface area contributed by atoms with Gasteiger partial charge in [-0.25, -0.2) is 0 Å². The summed E-state index contributed by atoms with van der Waals surface area (Å²) in [6.07, 6.45) is 3.49. The molecule has 0 N–H and O–H groups in total. The van der Waals surface area contributed by atoms with Crippen LogP contribution in [0.2, 0.25) is 6.82 Å². The second kappa shape index (κ2) is 13.0. The molecule has 7 aromatic rings. The molecule has 2 aliphatic carbocycles. The zero-order valence-corrected chi connectivity index (χ0v) is 36.8. The minimum absolute atomic E-state index is 0.157. The van der Waals surface area contributed by atoms with Crippen LogP contribution in [0.4, 0.5) is 0 Å². The lowest BCUT2D eigenvalue weighted by Gasteiger charge is -2.43. The van der Waals surface area contributed by atoms with Crippen LogP contribution in [0.15, 0.2) is 135 Å². The molecule has 286 valence electrons. The lowest BCUT2D eigenvalue weighted by Crippen LogP contribution is -2.50. The molecule has 2 aliphatic heterocycles. The van der Waals surface area contributed by atoms with E-state index in [4.69, 9.17) is 0 Å². The highest BCUT2D eigenvalue weighted by atomic mass is 32.2. The van der Waals surface area contributed by atoms with Gasteiger partial charge in [0.2, 0.25) is 6.71 Å². The van der Waals surface area contributed by atoms with E-state index in [9.17, 15) is 0 Å². The number of fused-ring (bicyclic) bond motifs is 8. The average Bonchev–Trinajstić information content (AvgIpc) is 3.21. The van der Waals surface area contributed by atoms with Crippen molar-refractivity contribution >= 4 is 51.9 Å². The van der Waals surface area contributed by atoms with Crippen molar-refractivity contribution < 1.29 is 0 Å². The molecule has 0 aromatic heterocycles. The Kier molecular flexibility index (Phi) is 8.23. The van der Waals surface area contributed by atoms with Gasteiger partial charge in [-0.05, 0) is 152 Å². The van der Waals surface area contributed by atoms with Crippen molar-refractivity contribution in [3.05, 3.63) is 165 Å². The third-order valence-electron chi connectivity index (χ3n) is 14.7. The van der Waals surface area contributed by atoms with Crippen molar-refractivity contribution in [3.63, 3.8) is 0 Å². The van der Waals surface area contributed by atoms with Crippen LogP contribution in [0, 0.1) is 13.8 Å². The summed E-state index contributed by atoms with van der Waals surface area (Å²) in [4.78, 5) is 5.47. The predicted octanol–water partition coefficient (Wildman–Crippen LogP) is 14.1. The van der Waals surface area contributed by atoms with Gasteiger partial charge in [-0.3, -0.25) is 0 Å². The SMILES string of the molecule is CB1c2cccc3c2C(Cc2cc4ccccc4cc2-3)c2cc(C)cc(-c3cc4c(cc3C(C)c3cc5c(cc3C)C(C)(C)CCC5(C)C)Sc3ccccc3S4)c21. The maximum Gasteiger partial charge on any atom is 0.207 e. The van der Waals surface area contributed by atoms with E-state index in [-0.39, 0.29) is 23.5 Å². The van der Waals surface area contributed by atoms with Crippen molar-refractivity contribution in [2.45, 2.75) is 117 Å². The van der Waals surface area contributed by atoms with Crippen molar-refractivity contribution in [2.75, 3.05) is 0 Å². The van der Waals surface area contributed by atoms with Gasteiger partial charge in [0.05, 0.1) is 0 Å². The summed E-state index contributed by atoms with van der Waals surface area (Å²) in [6, 6.07) is 45.4. The third-order valence-corrected chi connectivity index (χ3v) is 17.2. The Morgan fingerprint density at radius 3 is 1.98 bits per heavy atom. The number of hydrogen-bond donors (Lipinski definition) is 0. The first kappa shape index (κ1) is 36.6. The molecule has 0 nitrogen and oxygen atoms in total. The summed E-state index contributed by atoms with van der Waals surface area (Å²) < 4.78 is 0. The minimum Gasteiger partial charge on any atom is -0.0877 e. The molecule has 3 heteroatoms. The van der Waals surface area contributed by atoms with Crippen LogP contribution >= 0.6 is 23.5 Å². The van der Waals surface area contributed by atoms with E-state index in [2.05, 4.69) is 171 Å². The fraction of sp³-hybridized carbons (Fsp3) is 0.273. The summed E-state index contributed by atoms with van der Waals surface area (Å²) in [7, 11) is 0. The molecule has 0 amide bonds. The number of benzene rings is 7. The molecule has 0 bridgehead atoms. The smallest absolute Gasteiger partial charge is 0.0877 e. The van der Waals surface area contributed by atoms with Crippen LogP contribution in [-0.4, -0.2) is 6.71 Å². The van der Waals surface area contributed by atoms with Gasteiger partial charge in [0, 0.05) is 31.4 Å². The third kappa shape index (κ3) is 5.52. The zero-order valence-electron chi connectivity index (χ0n) is 35.1. The first-order valence-corrected chi connectivity index (χ1v) is 23.1. The fourth-order valence-corrected chi connectivity index (χ4v) is 13.7. The van der Waals surface area contributed by atoms with Crippen LogP contribution in [0.5, 0.6) is 0 Å². The lowest BCUT2D eigenvalue weighted by molar-refractivity contribution is 0.331. The molecule has 58 heavy (non-hydrogen) atoms. The summed E-state index contributed by atoms with van der Waals surface area (Å²) in [5.74, 6) is 0.548. The van der Waals surface area contributed by atoms with Crippen molar-refractivity contribution in [2.24, 2.45) is 0 Å². The van der Waals surface area contributed by atoms with Crippen LogP contribution in [0.1, 0.15) is 109 Å². The van der Waals surface area contributed by atoms with Crippen molar-refractivity contribution in [1.82, 2.24) is 0 Å². The van der Waals surface area contributed by atoms with E-state index in [1.165, 1.54) is 110 Å². The Morgan fingerprint density at radius 2 is 1.26 bits per heavy atom. The van der Waals surface area contributed by atoms with Crippen LogP contribution in [-0.2, 0) is 17.3 Å². The molecule has 0 fully saturated rings. The average molecular weight is 787 g/mol. The molecule has 4 aliphatic rings.